The van der Waals surface area contributed by atoms with Gasteiger partial charge in [-0.25, -0.2) is 0 Å². The summed E-state index contributed by atoms with van der Waals surface area (Å²) in [5.41, 5.74) is 0.211. The molecule has 0 aromatic heterocycles. The summed E-state index contributed by atoms with van der Waals surface area (Å²) >= 11 is 2.08. The van der Waals surface area contributed by atoms with Crippen molar-refractivity contribution in [3.63, 3.8) is 0 Å². The van der Waals surface area contributed by atoms with Gasteiger partial charge >= 0.3 is 0 Å². The van der Waals surface area contributed by atoms with Crippen LogP contribution in [0.3, 0.4) is 0 Å². The van der Waals surface area contributed by atoms with E-state index in [1.165, 1.54) is 37.2 Å². The van der Waals surface area contributed by atoms with Gasteiger partial charge in [0.05, 0.1) is 12.2 Å². The molecular formula is C11H19NOS. The highest BCUT2D eigenvalue weighted by molar-refractivity contribution is 7.99. The molecule has 1 aliphatic carbocycles. The third-order valence-corrected chi connectivity index (χ3v) is 5.02. The van der Waals surface area contributed by atoms with E-state index >= 15 is 0 Å². The van der Waals surface area contributed by atoms with Crippen LogP contribution in [0.2, 0.25) is 0 Å². The fourth-order valence-corrected chi connectivity index (χ4v) is 4.17. The Kier molecular flexibility index (Phi) is 2.50. The summed E-state index contributed by atoms with van der Waals surface area (Å²) < 4.78 is 6.14. The summed E-state index contributed by atoms with van der Waals surface area (Å²) in [6, 6.07) is 0.670. The number of hydrogen-bond donors (Lipinski definition) is 1. The Morgan fingerprint density at radius 1 is 1.36 bits per heavy atom. The molecule has 2 saturated heterocycles. The van der Waals surface area contributed by atoms with Gasteiger partial charge in [-0.2, -0.15) is 11.8 Å². The van der Waals surface area contributed by atoms with Crippen molar-refractivity contribution in [1.29, 1.82) is 0 Å². The molecule has 1 saturated carbocycles. The predicted octanol–water partition coefficient (Wildman–Crippen LogP) is 1.65. The number of morpholine rings is 1. The first-order chi connectivity index (χ1) is 6.91. The molecule has 1 N–H and O–H groups in total. The van der Waals surface area contributed by atoms with E-state index in [1.54, 1.807) is 0 Å². The third kappa shape index (κ3) is 1.59. The van der Waals surface area contributed by atoms with Crippen molar-refractivity contribution in [3.05, 3.63) is 0 Å². The van der Waals surface area contributed by atoms with Gasteiger partial charge in [0.15, 0.2) is 0 Å². The largest absolute Gasteiger partial charge is 0.371 e. The van der Waals surface area contributed by atoms with Crippen molar-refractivity contribution in [2.24, 2.45) is 5.92 Å². The highest BCUT2D eigenvalue weighted by atomic mass is 32.2. The SMILES string of the molecule is C1CSCC2(C1)OCCNC2C1CC1. The van der Waals surface area contributed by atoms with Crippen molar-refractivity contribution in [3.8, 4) is 0 Å². The number of ether oxygens (including phenoxy) is 1. The van der Waals surface area contributed by atoms with Crippen LogP contribution in [-0.4, -0.2) is 36.3 Å². The minimum atomic E-state index is 0.211. The number of thioether (sulfide) groups is 1. The van der Waals surface area contributed by atoms with Crippen molar-refractivity contribution < 1.29 is 4.74 Å². The Hall–Kier alpha value is 0.270. The van der Waals surface area contributed by atoms with Gasteiger partial charge in [0.25, 0.3) is 0 Å². The van der Waals surface area contributed by atoms with Gasteiger partial charge in [0.2, 0.25) is 0 Å². The number of hydrogen-bond acceptors (Lipinski definition) is 3. The first kappa shape index (κ1) is 9.49. The summed E-state index contributed by atoms with van der Waals surface area (Å²) in [7, 11) is 0. The molecule has 3 fully saturated rings. The van der Waals surface area contributed by atoms with Crippen molar-refractivity contribution >= 4 is 11.8 Å². The lowest BCUT2D eigenvalue weighted by atomic mass is 9.86. The van der Waals surface area contributed by atoms with E-state index in [9.17, 15) is 0 Å². The van der Waals surface area contributed by atoms with Crippen LogP contribution in [0.4, 0.5) is 0 Å². The van der Waals surface area contributed by atoms with Crippen LogP contribution < -0.4 is 5.32 Å². The molecule has 0 amide bonds. The Morgan fingerprint density at radius 2 is 2.29 bits per heavy atom. The summed E-state index contributed by atoms with van der Waals surface area (Å²) in [6.07, 6.45) is 5.48. The molecule has 2 unspecified atom stereocenters. The van der Waals surface area contributed by atoms with Gasteiger partial charge in [0.1, 0.15) is 0 Å². The third-order valence-electron chi connectivity index (χ3n) is 3.75. The topological polar surface area (TPSA) is 21.3 Å². The summed E-state index contributed by atoms with van der Waals surface area (Å²) in [5.74, 6) is 3.48. The van der Waals surface area contributed by atoms with E-state index < -0.39 is 0 Å². The first-order valence-corrected chi connectivity index (χ1v) is 7.01. The molecule has 14 heavy (non-hydrogen) atoms. The summed E-state index contributed by atoms with van der Waals surface area (Å²) in [6.45, 7) is 1.98. The average Bonchev–Trinajstić information content (AvgIpc) is 3.03. The van der Waals surface area contributed by atoms with Crippen LogP contribution in [0, 0.1) is 5.92 Å². The van der Waals surface area contributed by atoms with Crippen LogP contribution in [0.1, 0.15) is 25.7 Å². The fourth-order valence-electron chi connectivity index (χ4n) is 2.92. The predicted molar refractivity (Wildman–Crippen MR) is 59.8 cm³/mol. The molecule has 0 bridgehead atoms. The van der Waals surface area contributed by atoms with Gasteiger partial charge in [-0.15, -0.1) is 0 Å². The van der Waals surface area contributed by atoms with Crippen LogP contribution in [-0.2, 0) is 4.74 Å². The number of rotatable bonds is 1. The van der Waals surface area contributed by atoms with Gasteiger partial charge in [0, 0.05) is 18.3 Å². The highest BCUT2D eigenvalue weighted by Gasteiger charge is 2.49. The average molecular weight is 213 g/mol. The molecular weight excluding hydrogens is 194 g/mol. The minimum absolute atomic E-state index is 0.211. The van der Waals surface area contributed by atoms with Crippen LogP contribution in [0.25, 0.3) is 0 Å². The van der Waals surface area contributed by atoms with Gasteiger partial charge in [-0.3, -0.25) is 0 Å². The standard InChI is InChI=1S/C11H19NOS/c1-4-11(8-14-7-1)10(9-2-3-9)12-5-6-13-11/h9-10,12H,1-8H2. The highest BCUT2D eigenvalue weighted by Crippen LogP contribution is 2.44. The second-order valence-electron chi connectivity index (χ2n) is 4.84. The zero-order valence-corrected chi connectivity index (χ0v) is 9.44. The number of nitrogens with one attached hydrogen (secondary N) is 1. The lowest BCUT2D eigenvalue weighted by molar-refractivity contribution is -0.0926. The van der Waals surface area contributed by atoms with E-state index in [1.807, 2.05) is 0 Å². The maximum Gasteiger partial charge on any atom is 0.0928 e. The summed E-state index contributed by atoms with van der Waals surface area (Å²) in [5, 5.41) is 3.70. The molecule has 1 spiro atoms. The lowest BCUT2D eigenvalue weighted by Crippen LogP contribution is -2.61. The Morgan fingerprint density at radius 3 is 3.00 bits per heavy atom. The van der Waals surface area contributed by atoms with Gasteiger partial charge in [-0.05, 0) is 37.4 Å². The maximum atomic E-state index is 6.14. The Labute approximate surface area is 90.2 Å². The van der Waals surface area contributed by atoms with E-state index in [4.69, 9.17) is 4.74 Å². The molecule has 0 aromatic rings. The Bertz CT molecular complexity index is 203. The van der Waals surface area contributed by atoms with Gasteiger partial charge < -0.3 is 10.1 Å². The van der Waals surface area contributed by atoms with Crippen LogP contribution in [0.15, 0.2) is 0 Å². The second kappa shape index (κ2) is 3.69. The quantitative estimate of drug-likeness (QED) is 0.715. The maximum absolute atomic E-state index is 6.14. The first-order valence-electron chi connectivity index (χ1n) is 5.86. The normalized spacial score (nSPS) is 44.1. The van der Waals surface area contributed by atoms with Crippen LogP contribution >= 0.6 is 11.8 Å². The zero-order valence-electron chi connectivity index (χ0n) is 8.63. The van der Waals surface area contributed by atoms with Crippen molar-refractivity contribution in [1.82, 2.24) is 5.32 Å². The minimum Gasteiger partial charge on any atom is -0.371 e. The molecule has 80 valence electrons. The fraction of sp³-hybridized carbons (Fsp3) is 1.00. The van der Waals surface area contributed by atoms with E-state index in [-0.39, 0.29) is 5.60 Å². The molecule has 0 aromatic carbocycles. The second-order valence-corrected chi connectivity index (χ2v) is 5.94. The Balaban J connectivity index is 1.77. The molecule has 3 aliphatic rings. The lowest BCUT2D eigenvalue weighted by Gasteiger charge is -2.47. The molecule has 3 rings (SSSR count). The molecule has 2 heterocycles. The molecule has 2 nitrogen and oxygen atoms in total. The molecule has 0 radical (unpaired) electrons. The van der Waals surface area contributed by atoms with E-state index in [2.05, 4.69) is 17.1 Å². The molecule has 3 heteroatoms. The molecule has 2 aliphatic heterocycles. The van der Waals surface area contributed by atoms with Crippen LogP contribution in [0.5, 0.6) is 0 Å². The van der Waals surface area contributed by atoms with Gasteiger partial charge in [-0.1, -0.05) is 0 Å². The monoisotopic (exact) mass is 213 g/mol. The van der Waals surface area contributed by atoms with E-state index in [0.29, 0.717) is 6.04 Å². The van der Waals surface area contributed by atoms with Crippen molar-refractivity contribution in [2.75, 3.05) is 24.7 Å². The molecule has 2 atom stereocenters. The van der Waals surface area contributed by atoms with E-state index in [0.717, 1.165) is 19.1 Å². The van der Waals surface area contributed by atoms with Crippen molar-refractivity contribution in [2.45, 2.75) is 37.3 Å². The smallest absolute Gasteiger partial charge is 0.0928 e. The summed E-state index contributed by atoms with van der Waals surface area (Å²) in [4.78, 5) is 0. The zero-order chi connectivity index (χ0) is 9.43.